The van der Waals surface area contributed by atoms with Gasteiger partial charge in [0.15, 0.2) is 0 Å². The lowest BCUT2D eigenvalue weighted by Crippen LogP contribution is -2.26. The van der Waals surface area contributed by atoms with Crippen LogP contribution in [0.25, 0.3) is 0 Å². The van der Waals surface area contributed by atoms with Crippen molar-refractivity contribution in [3.8, 4) is 6.07 Å². The number of nitriles is 1. The molecule has 0 aliphatic carbocycles. The van der Waals surface area contributed by atoms with Crippen LogP contribution in [0.4, 0.5) is 10.1 Å². The van der Waals surface area contributed by atoms with Gasteiger partial charge in [-0.15, -0.1) is 0 Å². The molecule has 0 unspecified atom stereocenters. The number of carbonyl (C=O) groups excluding carboxylic acids is 1. The fourth-order valence-corrected chi connectivity index (χ4v) is 1.59. The van der Waals surface area contributed by atoms with Crippen LogP contribution in [-0.2, 0) is 4.79 Å². The van der Waals surface area contributed by atoms with E-state index >= 15 is 0 Å². The predicted octanol–water partition coefficient (Wildman–Crippen LogP) is 1.66. The molecule has 0 saturated heterocycles. The minimum atomic E-state index is -0.406. The van der Waals surface area contributed by atoms with Gasteiger partial charge in [0.05, 0.1) is 17.3 Å². The third-order valence-electron chi connectivity index (χ3n) is 2.53. The summed E-state index contributed by atoms with van der Waals surface area (Å²) >= 11 is 0. The number of hydrogen-bond acceptors (Lipinski definition) is 3. The predicted molar refractivity (Wildman–Crippen MR) is 67.7 cm³/mol. The largest absolute Gasteiger partial charge is 0.372 e. The summed E-state index contributed by atoms with van der Waals surface area (Å²) in [6, 6.07) is 6.29. The summed E-state index contributed by atoms with van der Waals surface area (Å²) in [6.07, 6.45) is 0.732. The fraction of sp³-hybridized carbons (Fsp3) is 0.385. The van der Waals surface area contributed by atoms with Gasteiger partial charge in [-0.3, -0.25) is 4.79 Å². The number of nitrogens with zero attached hydrogens (tertiary/aromatic N) is 2. The number of nitrogens with one attached hydrogen (secondary N) is 1. The standard InChI is InChI=1S/C13H16FN3O/c1-10(18)16-6-3-7-17(2)13-5-4-11(9-15)8-12(13)14/h4-5,8H,3,6-7H2,1-2H3,(H,16,18). The van der Waals surface area contributed by atoms with Gasteiger partial charge < -0.3 is 10.2 Å². The molecule has 0 aromatic heterocycles. The van der Waals surface area contributed by atoms with Crippen LogP contribution in [0.1, 0.15) is 18.9 Å². The van der Waals surface area contributed by atoms with Gasteiger partial charge in [0, 0.05) is 27.1 Å². The number of halogens is 1. The van der Waals surface area contributed by atoms with Gasteiger partial charge in [-0.05, 0) is 24.6 Å². The van der Waals surface area contributed by atoms with E-state index < -0.39 is 5.82 Å². The zero-order valence-electron chi connectivity index (χ0n) is 10.5. The van der Waals surface area contributed by atoms with Gasteiger partial charge in [-0.25, -0.2) is 4.39 Å². The highest BCUT2D eigenvalue weighted by Gasteiger charge is 2.08. The molecule has 0 atom stereocenters. The fourth-order valence-electron chi connectivity index (χ4n) is 1.59. The first-order chi connectivity index (χ1) is 8.54. The maximum absolute atomic E-state index is 13.7. The molecule has 4 nitrogen and oxygen atoms in total. The van der Waals surface area contributed by atoms with Crippen molar-refractivity contribution in [2.75, 3.05) is 25.0 Å². The van der Waals surface area contributed by atoms with E-state index in [0.717, 1.165) is 6.42 Å². The first-order valence-corrected chi connectivity index (χ1v) is 5.70. The molecule has 0 spiro atoms. The van der Waals surface area contributed by atoms with Crippen molar-refractivity contribution in [1.82, 2.24) is 5.32 Å². The van der Waals surface area contributed by atoms with Crippen molar-refractivity contribution < 1.29 is 9.18 Å². The molecule has 0 aliphatic rings. The highest BCUT2D eigenvalue weighted by Crippen LogP contribution is 2.19. The minimum Gasteiger partial charge on any atom is -0.372 e. The topological polar surface area (TPSA) is 56.1 Å². The zero-order valence-corrected chi connectivity index (χ0v) is 10.5. The summed E-state index contributed by atoms with van der Waals surface area (Å²) in [5.74, 6) is -0.474. The molecule has 18 heavy (non-hydrogen) atoms. The Balaban J connectivity index is 2.54. The second-order valence-electron chi connectivity index (χ2n) is 4.04. The molecular formula is C13H16FN3O. The summed E-state index contributed by atoms with van der Waals surface area (Å²) in [7, 11) is 1.78. The van der Waals surface area contributed by atoms with E-state index in [2.05, 4.69) is 5.32 Å². The second kappa shape index (κ2) is 6.60. The van der Waals surface area contributed by atoms with E-state index in [4.69, 9.17) is 5.26 Å². The van der Waals surface area contributed by atoms with E-state index in [1.807, 2.05) is 6.07 Å². The molecule has 1 rings (SSSR count). The molecule has 0 aliphatic heterocycles. The van der Waals surface area contributed by atoms with Crippen LogP contribution in [0.15, 0.2) is 18.2 Å². The van der Waals surface area contributed by atoms with Gasteiger partial charge in [-0.2, -0.15) is 5.26 Å². The highest BCUT2D eigenvalue weighted by molar-refractivity contribution is 5.72. The lowest BCUT2D eigenvalue weighted by Gasteiger charge is -2.19. The summed E-state index contributed by atoms with van der Waals surface area (Å²) in [5.41, 5.74) is 0.764. The highest BCUT2D eigenvalue weighted by atomic mass is 19.1. The molecule has 1 aromatic rings. The van der Waals surface area contributed by atoms with E-state index in [1.54, 1.807) is 24.1 Å². The maximum atomic E-state index is 13.7. The molecule has 0 heterocycles. The van der Waals surface area contributed by atoms with E-state index in [-0.39, 0.29) is 5.91 Å². The molecule has 0 bridgehead atoms. The maximum Gasteiger partial charge on any atom is 0.216 e. The van der Waals surface area contributed by atoms with Crippen molar-refractivity contribution in [2.45, 2.75) is 13.3 Å². The number of anilines is 1. The molecular weight excluding hydrogens is 233 g/mol. The normalized spacial score (nSPS) is 9.67. The van der Waals surface area contributed by atoms with Crippen molar-refractivity contribution in [3.63, 3.8) is 0 Å². The second-order valence-corrected chi connectivity index (χ2v) is 4.04. The molecule has 1 amide bonds. The van der Waals surface area contributed by atoms with Crippen molar-refractivity contribution >= 4 is 11.6 Å². The average Bonchev–Trinajstić information content (AvgIpc) is 2.33. The molecule has 0 saturated carbocycles. The smallest absolute Gasteiger partial charge is 0.216 e. The molecule has 1 aromatic carbocycles. The molecule has 96 valence electrons. The van der Waals surface area contributed by atoms with Crippen LogP contribution in [0, 0.1) is 17.1 Å². The van der Waals surface area contributed by atoms with Crippen LogP contribution in [-0.4, -0.2) is 26.0 Å². The van der Waals surface area contributed by atoms with Gasteiger partial charge in [0.1, 0.15) is 5.82 Å². The van der Waals surface area contributed by atoms with Crippen molar-refractivity contribution in [3.05, 3.63) is 29.6 Å². The minimum absolute atomic E-state index is 0.0674. The Hall–Kier alpha value is -2.09. The Morgan fingerprint density at radius 3 is 2.83 bits per heavy atom. The van der Waals surface area contributed by atoms with E-state index in [9.17, 15) is 9.18 Å². The Morgan fingerprint density at radius 2 is 2.28 bits per heavy atom. The van der Waals surface area contributed by atoms with E-state index in [1.165, 1.54) is 13.0 Å². The number of carbonyl (C=O) groups is 1. The lowest BCUT2D eigenvalue weighted by atomic mass is 10.2. The van der Waals surface area contributed by atoms with Crippen LogP contribution in [0.2, 0.25) is 0 Å². The van der Waals surface area contributed by atoms with Gasteiger partial charge in [0.25, 0.3) is 0 Å². The van der Waals surface area contributed by atoms with Gasteiger partial charge >= 0.3 is 0 Å². The number of benzene rings is 1. The number of rotatable bonds is 5. The van der Waals surface area contributed by atoms with Crippen LogP contribution in [0.5, 0.6) is 0 Å². The first-order valence-electron chi connectivity index (χ1n) is 5.70. The number of hydrogen-bond donors (Lipinski definition) is 1. The Labute approximate surface area is 106 Å². The van der Waals surface area contributed by atoms with Crippen LogP contribution in [0.3, 0.4) is 0 Å². The molecule has 0 radical (unpaired) electrons. The number of amides is 1. The molecule has 0 fully saturated rings. The Morgan fingerprint density at radius 1 is 1.56 bits per heavy atom. The van der Waals surface area contributed by atoms with Gasteiger partial charge in [0.2, 0.25) is 5.91 Å². The third-order valence-corrected chi connectivity index (χ3v) is 2.53. The Bertz CT molecular complexity index is 468. The van der Waals surface area contributed by atoms with Gasteiger partial charge in [-0.1, -0.05) is 0 Å². The van der Waals surface area contributed by atoms with Crippen molar-refractivity contribution in [1.29, 1.82) is 5.26 Å². The molecule has 1 N–H and O–H groups in total. The third kappa shape index (κ3) is 4.06. The van der Waals surface area contributed by atoms with Crippen LogP contribution >= 0.6 is 0 Å². The zero-order chi connectivity index (χ0) is 13.5. The quantitative estimate of drug-likeness (QED) is 0.807. The summed E-state index contributed by atoms with van der Waals surface area (Å²) in [4.78, 5) is 12.4. The Kier molecular flexibility index (Phi) is 5.12. The molecule has 5 heteroatoms. The summed E-state index contributed by atoms with van der Waals surface area (Å²) in [5, 5.41) is 11.3. The summed E-state index contributed by atoms with van der Waals surface area (Å²) in [6.45, 7) is 2.66. The van der Waals surface area contributed by atoms with Crippen LogP contribution < -0.4 is 10.2 Å². The summed E-state index contributed by atoms with van der Waals surface area (Å²) < 4.78 is 13.7. The first kappa shape index (κ1) is 14.0. The monoisotopic (exact) mass is 249 g/mol. The SMILES string of the molecule is CC(=O)NCCCN(C)c1ccc(C#N)cc1F. The lowest BCUT2D eigenvalue weighted by molar-refractivity contribution is -0.118. The van der Waals surface area contributed by atoms with E-state index in [0.29, 0.717) is 24.3 Å². The van der Waals surface area contributed by atoms with Crippen molar-refractivity contribution in [2.24, 2.45) is 0 Å². The average molecular weight is 249 g/mol.